The van der Waals surface area contributed by atoms with Gasteiger partial charge in [0.2, 0.25) is 0 Å². The number of aliphatic hydroxyl groups excluding tert-OH is 2. The smallest absolute Gasteiger partial charge is 0.125 e. The zero-order chi connectivity index (χ0) is 20.6. The minimum absolute atomic E-state index is 0.0126. The van der Waals surface area contributed by atoms with Crippen molar-refractivity contribution in [2.45, 2.75) is 62.4 Å². The number of aromatic nitrogens is 1. The van der Waals surface area contributed by atoms with Gasteiger partial charge in [-0.25, -0.2) is 4.98 Å². The number of aliphatic hydroxyl groups is 2. The molecule has 1 saturated heterocycles. The lowest BCUT2D eigenvalue weighted by Gasteiger charge is -2.40. The number of hydrogen-bond acceptors (Lipinski definition) is 7. The van der Waals surface area contributed by atoms with Crippen LogP contribution >= 0.6 is 23.1 Å². The highest BCUT2D eigenvalue weighted by molar-refractivity contribution is 7.98. The van der Waals surface area contributed by atoms with Gasteiger partial charge < -0.3 is 19.7 Å². The van der Waals surface area contributed by atoms with E-state index < -0.39 is 11.7 Å². The molecule has 7 heteroatoms. The Morgan fingerprint density at radius 3 is 2.97 bits per heavy atom. The fourth-order valence-electron chi connectivity index (χ4n) is 4.62. The van der Waals surface area contributed by atoms with Crippen LogP contribution in [-0.4, -0.2) is 40.3 Å². The highest BCUT2D eigenvalue weighted by Gasteiger charge is 2.50. The van der Waals surface area contributed by atoms with Crippen molar-refractivity contribution in [1.29, 1.82) is 0 Å². The van der Waals surface area contributed by atoms with E-state index in [2.05, 4.69) is 37.2 Å². The Morgan fingerprint density at radius 2 is 2.24 bits per heavy atom. The second-order valence-electron chi connectivity index (χ2n) is 8.30. The molecule has 1 aliphatic heterocycles. The summed E-state index contributed by atoms with van der Waals surface area (Å²) in [5.41, 5.74) is 1.49. The highest BCUT2D eigenvalue weighted by atomic mass is 32.2. The number of aryl methyl sites for hydroxylation is 1. The van der Waals surface area contributed by atoms with Crippen molar-refractivity contribution < 1.29 is 19.7 Å². The maximum Gasteiger partial charge on any atom is 0.125 e. The first-order valence-corrected chi connectivity index (χ1v) is 12.2. The number of thioether (sulfide) groups is 1. The third-order valence-corrected chi connectivity index (χ3v) is 8.37. The molecule has 0 radical (unpaired) electrons. The van der Waals surface area contributed by atoms with E-state index in [1.54, 1.807) is 23.1 Å². The highest BCUT2D eigenvalue weighted by Crippen LogP contribution is 2.48. The van der Waals surface area contributed by atoms with Crippen LogP contribution in [-0.2, 0) is 16.9 Å². The molecule has 2 fully saturated rings. The maximum absolute atomic E-state index is 10.7. The third-order valence-electron chi connectivity index (χ3n) is 6.35. The van der Waals surface area contributed by atoms with Crippen molar-refractivity contribution >= 4 is 23.1 Å². The third kappa shape index (κ3) is 4.21. The molecule has 4 rings (SSSR count). The summed E-state index contributed by atoms with van der Waals surface area (Å²) in [4.78, 5) is 5.75. The van der Waals surface area contributed by atoms with E-state index in [9.17, 15) is 10.2 Å². The van der Waals surface area contributed by atoms with Crippen molar-refractivity contribution in [2.75, 3.05) is 12.9 Å². The van der Waals surface area contributed by atoms with Gasteiger partial charge in [-0.1, -0.05) is 6.07 Å². The van der Waals surface area contributed by atoms with Crippen LogP contribution in [0.25, 0.3) is 0 Å². The predicted octanol–water partition coefficient (Wildman–Crippen LogP) is 4.14. The zero-order valence-corrected chi connectivity index (χ0v) is 18.8. The van der Waals surface area contributed by atoms with Crippen LogP contribution in [0.2, 0.25) is 0 Å². The summed E-state index contributed by atoms with van der Waals surface area (Å²) in [6.07, 6.45) is 4.14. The maximum atomic E-state index is 10.7. The summed E-state index contributed by atoms with van der Waals surface area (Å²) in [6, 6.07) is 6.16. The second kappa shape index (κ2) is 8.55. The molecule has 0 spiro atoms. The zero-order valence-electron chi connectivity index (χ0n) is 17.1. The normalized spacial score (nSPS) is 31.6. The van der Waals surface area contributed by atoms with Crippen molar-refractivity contribution in [2.24, 2.45) is 11.8 Å². The quantitative estimate of drug-likeness (QED) is 0.665. The Labute approximate surface area is 180 Å². The molecular weight excluding hydrogens is 406 g/mol. The van der Waals surface area contributed by atoms with Gasteiger partial charge in [0.25, 0.3) is 0 Å². The Kier molecular flexibility index (Phi) is 6.23. The fraction of sp³-hybridized carbons (Fsp3) is 0.591. The van der Waals surface area contributed by atoms with E-state index in [0.29, 0.717) is 24.6 Å². The molecule has 2 N–H and O–H groups in total. The molecule has 2 aromatic rings. The molecule has 1 aromatic heterocycles. The second-order valence-corrected chi connectivity index (χ2v) is 10.0. The van der Waals surface area contributed by atoms with Crippen LogP contribution in [0.1, 0.15) is 42.5 Å². The average molecular weight is 436 g/mol. The lowest BCUT2D eigenvalue weighted by molar-refractivity contribution is -0.145. The number of benzene rings is 1. The van der Waals surface area contributed by atoms with E-state index in [0.717, 1.165) is 23.6 Å². The van der Waals surface area contributed by atoms with E-state index in [1.807, 2.05) is 11.4 Å². The summed E-state index contributed by atoms with van der Waals surface area (Å²) in [5.74, 6) is 1.23. The topological polar surface area (TPSA) is 71.8 Å². The van der Waals surface area contributed by atoms with Crippen LogP contribution in [0.15, 0.2) is 28.5 Å². The minimum atomic E-state index is -0.446. The average Bonchev–Trinajstić information content (AvgIpc) is 3.31. The van der Waals surface area contributed by atoms with Gasteiger partial charge in [-0.2, -0.15) is 0 Å². The lowest BCUT2D eigenvalue weighted by Crippen LogP contribution is -2.41. The van der Waals surface area contributed by atoms with Crippen LogP contribution in [0.3, 0.4) is 0 Å². The van der Waals surface area contributed by atoms with Gasteiger partial charge >= 0.3 is 0 Å². The molecule has 2 heterocycles. The molecule has 1 aromatic carbocycles. The van der Waals surface area contributed by atoms with Gasteiger partial charge in [0.15, 0.2) is 0 Å². The van der Waals surface area contributed by atoms with E-state index in [1.165, 1.54) is 10.5 Å². The summed E-state index contributed by atoms with van der Waals surface area (Å²) >= 11 is 3.26. The molecular formula is C22H29NO4S2. The van der Waals surface area contributed by atoms with E-state index in [-0.39, 0.29) is 18.6 Å². The van der Waals surface area contributed by atoms with Crippen LogP contribution in [0.4, 0.5) is 0 Å². The molecule has 1 saturated carbocycles. The Hall–Kier alpha value is -1.12. The van der Waals surface area contributed by atoms with Crippen LogP contribution in [0, 0.1) is 18.8 Å². The Morgan fingerprint density at radius 1 is 1.41 bits per heavy atom. The Bertz CT molecular complexity index is 857. The minimum Gasteiger partial charge on any atom is -0.493 e. The first-order chi connectivity index (χ1) is 13.9. The number of rotatable bonds is 6. The molecule has 1 aliphatic carbocycles. The first-order valence-electron chi connectivity index (χ1n) is 10.1. The summed E-state index contributed by atoms with van der Waals surface area (Å²) < 4.78 is 12.6. The van der Waals surface area contributed by atoms with Gasteiger partial charge in [-0.05, 0) is 56.6 Å². The molecule has 5 nitrogen and oxygen atoms in total. The van der Waals surface area contributed by atoms with Gasteiger partial charge in [0.1, 0.15) is 16.4 Å². The summed E-state index contributed by atoms with van der Waals surface area (Å²) in [6.45, 7) is 4.64. The van der Waals surface area contributed by atoms with E-state index >= 15 is 0 Å². The van der Waals surface area contributed by atoms with Gasteiger partial charge in [0.05, 0.1) is 31.1 Å². The summed E-state index contributed by atoms with van der Waals surface area (Å²) in [7, 11) is 0. The van der Waals surface area contributed by atoms with Crippen molar-refractivity contribution in [3.63, 3.8) is 0 Å². The first kappa shape index (κ1) is 21.1. The fourth-order valence-corrected chi connectivity index (χ4v) is 6.18. The number of hydrogen-bond donors (Lipinski definition) is 2. The SMILES string of the molecule is CSc1cc(OC[C@@H]2[C@H]3CC[C@](C)(c4nc(CO)cs4)O[C@H]3C[C@@H]2O)ccc1C. The van der Waals surface area contributed by atoms with E-state index in [4.69, 9.17) is 9.47 Å². The van der Waals surface area contributed by atoms with Crippen molar-refractivity contribution in [1.82, 2.24) is 4.98 Å². The molecule has 0 bridgehead atoms. The van der Waals surface area contributed by atoms with Crippen LogP contribution in [0.5, 0.6) is 5.75 Å². The lowest BCUT2D eigenvalue weighted by atomic mass is 9.83. The van der Waals surface area contributed by atoms with Gasteiger partial charge in [0, 0.05) is 22.6 Å². The van der Waals surface area contributed by atoms with Crippen LogP contribution < -0.4 is 4.74 Å². The molecule has 0 amide bonds. The molecule has 0 unspecified atom stereocenters. The molecule has 158 valence electrons. The Balaban J connectivity index is 1.42. The van der Waals surface area contributed by atoms with Gasteiger partial charge in [-0.3, -0.25) is 0 Å². The van der Waals surface area contributed by atoms with Gasteiger partial charge in [-0.15, -0.1) is 23.1 Å². The number of thiazole rings is 1. The molecule has 2 aliphatic rings. The number of fused-ring (bicyclic) bond motifs is 1. The predicted molar refractivity (Wildman–Crippen MR) is 116 cm³/mol. The number of nitrogens with zero attached hydrogens (tertiary/aromatic N) is 1. The largest absolute Gasteiger partial charge is 0.493 e. The van der Waals surface area contributed by atoms with Crippen molar-refractivity contribution in [3.8, 4) is 5.75 Å². The standard InChI is InChI=1S/C22H29NO4S2/c1-13-4-5-15(8-20(13)28-3)26-11-17-16-6-7-22(2,27-19(16)9-18(17)25)21-23-14(10-24)12-29-21/h4-5,8,12,16-19,24-25H,6-7,9-11H2,1-3H3/t16-,17-,18+,19+,22-/m1/s1. The van der Waals surface area contributed by atoms with Crippen molar-refractivity contribution in [3.05, 3.63) is 39.8 Å². The molecule has 5 atom stereocenters. The summed E-state index contributed by atoms with van der Waals surface area (Å²) in [5, 5.41) is 22.8. The molecule has 29 heavy (non-hydrogen) atoms. The monoisotopic (exact) mass is 435 g/mol. The number of ether oxygens (including phenoxy) is 2.